The van der Waals surface area contributed by atoms with Crippen LogP contribution < -0.4 is 16.4 Å². The summed E-state index contributed by atoms with van der Waals surface area (Å²) in [6.45, 7) is 3.55. The van der Waals surface area contributed by atoms with Crippen molar-refractivity contribution in [2.24, 2.45) is 5.73 Å². The van der Waals surface area contributed by atoms with E-state index in [1.54, 1.807) is 24.3 Å². The van der Waals surface area contributed by atoms with Crippen molar-refractivity contribution in [1.82, 2.24) is 4.90 Å². The van der Waals surface area contributed by atoms with E-state index in [-0.39, 0.29) is 17.9 Å². The minimum Gasteiger partial charge on any atom is -0.328 e. The molecule has 2 rings (SSSR count). The molecule has 0 aliphatic carbocycles. The van der Waals surface area contributed by atoms with Crippen LogP contribution in [0.1, 0.15) is 19.8 Å². The Morgan fingerprint density at radius 1 is 1.24 bits per heavy atom. The number of carbonyl (C=O) groups excluding carboxylic acids is 2. The van der Waals surface area contributed by atoms with Crippen LogP contribution >= 0.6 is 0 Å². The first kappa shape index (κ1) is 15.5. The van der Waals surface area contributed by atoms with Gasteiger partial charge in [0.2, 0.25) is 11.8 Å². The van der Waals surface area contributed by atoms with Gasteiger partial charge in [-0.3, -0.25) is 14.5 Å². The van der Waals surface area contributed by atoms with Gasteiger partial charge in [0, 0.05) is 37.4 Å². The topological polar surface area (TPSA) is 87.5 Å². The molecule has 1 aromatic rings. The smallest absolute Gasteiger partial charge is 0.238 e. The van der Waals surface area contributed by atoms with Gasteiger partial charge in [0.15, 0.2) is 0 Å². The Bertz CT molecular complexity index is 510. The summed E-state index contributed by atoms with van der Waals surface area (Å²) in [5.41, 5.74) is 7.20. The third-order valence-corrected chi connectivity index (χ3v) is 3.47. The van der Waals surface area contributed by atoms with Gasteiger partial charge in [-0.2, -0.15) is 0 Å². The second-order valence-electron chi connectivity index (χ2n) is 5.42. The molecule has 1 heterocycles. The molecule has 0 bridgehead atoms. The predicted molar refractivity (Wildman–Crippen MR) is 83.0 cm³/mol. The number of hydrogen-bond donors (Lipinski definition) is 3. The number of nitrogens with two attached hydrogens (primary N) is 1. The molecule has 1 saturated heterocycles. The molecule has 1 aromatic carbocycles. The van der Waals surface area contributed by atoms with Gasteiger partial charge in [-0.25, -0.2) is 0 Å². The van der Waals surface area contributed by atoms with Crippen molar-refractivity contribution in [2.75, 3.05) is 30.3 Å². The van der Waals surface area contributed by atoms with Crippen molar-refractivity contribution in [3.8, 4) is 0 Å². The maximum atomic E-state index is 12.0. The molecule has 4 N–H and O–H groups in total. The summed E-state index contributed by atoms with van der Waals surface area (Å²) in [6, 6.07) is 7.38. The normalized spacial score (nSPS) is 16.5. The molecular formula is C15H22N4O2. The first-order chi connectivity index (χ1) is 10.0. The number of nitrogens with one attached hydrogen (secondary N) is 2. The first-order valence-corrected chi connectivity index (χ1v) is 7.18. The molecule has 1 fully saturated rings. The fourth-order valence-electron chi connectivity index (χ4n) is 2.39. The number of benzene rings is 1. The molecule has 6 heteroatoms. The van der Waals surface area contributed by atoms with Gasteiger partial charge < -0.3 is 16.4 Å². The van der Waals surface area contributed by atoms with Crippen LogP contribution in [0.3, 0.4) is 0 Å². The zero-order valence-corrected chi connectivity index (χ0v) is 12.3. The van der Waals surface area contributed by atoms with Crippen LogP contribution in [0.25, 0.3) is 0 Å². The Hall–Kier alpha value is -1.92. The molecule has 0 atom stereocenters. The van der Waals surface area contributed by atoms with Gasteiger partial charge >= 0.3 is 0 Å². The van der Waals surface area contributed by atoms with E-state index in [4.69, 9.17) is 5.73 Å². The second-order valence-corrected chi connectivity index (χ2v) is 5.42. The number of likely N-dealkylation sites (tertiary alicyclic amines) is 1. The van der Waals surface area contributed by atoms with Crippen molar-refractivity contribution in [2.45, 2.75) is 25.8 Å². The molecule has 21 heavy (non-hydrogen) atoms. The first-order valence-electron chi connectivity index (χ1n) is 7.18. The van der Waals surface area contributed by atoms with E-state index in [1.807, 2.05) is 0 Å². The van der Waals surface area contributed by atoms with E-state index in [2.05, 4.69) is 15.5 Å². The molecule has 0 saturated carbocycles. The summed E-state index contributed by atoms with van der Waals surface area (Å²) >= 11 is 0. The Morgan fingerprint density at radius 3 is 2.48 bits per heavy atom. The van der Waals surface area contributed by atoms with E-state index in [0.29, 0.717) is 17.9 Å². The van der Waals surface area contributed by atoms with Gasteiger partial charge in [0.05, 0.1) is 6.54 Å². The Morgan fingerprint density at radius 2 is 1.86 bits per heavy atom. The highest BCUT2D eigenvalue weighted by atomic mass is 16.2. The van der Waals surface area contributed by atoms with Crippen LogP contribution in [0.15, 0.2) is 24.3 Å². The van der Waals surface area contributed by atoms with E-state index in [0.717, 1.165) is 25.9 Å². The maximum Gasteiger partial charge on any atom is 0.238 e. The average Bonchev–Trinajstić information content (AvgIpc) is 2.41. The monoisotopic (exact) mass is 290 g/mol. The fourth-order valence-corrected chi connectivity index (χ4v) is 2.39. The quantitative estimate of drug-likeness (QED) is 0.772. The van der Waals surface area contributed by atoms with Gasteiger partial charge in [0.1, 0.15) is 0 Å². The average molecular weight is 290 g/mol. The van der Waals surface area contributed by atoms with Gasteiger partial charge in [-0.15, -0.1) is 0 Å². The summed E-state index contributed by atoms with van der Waals surface area (Å²) in [5.74, 6) is -0.187. The number of anilines is 2. The summed E-state index contributed by atoms with van der Waals surface area (Å²) in [5, 5.41) is 5.54. The number of amides is 2. The highest BCUT2D eigenvalue weighted by Crippen LogP contribution is 2.15. The van der Waals surface area contributed by atoms with Crippen molar-refractivity contribution >= 4 is 23.2 Å². The molecule has 6 nitrogen and oxygen atoms in total. The van der Waals surface area contributed by atoms with Crippen LogP contribution in [0.2, 0.25) is 0 Å². The molecule has 0 spiro atoms. The number of nitrogens with zero attached hydrogens (tertiary/aromatic N) is 1. The zero-order valence-electron chi connectivity index (χ0n) is 12.3. The zero-order chi connectivity index (χ0) is 15.2. The lowest BCUT2D eigenvalue weighted by atomic mass is 10.1. The van der Waals surface area contributed by atoms with Gasteiger partial charge in [-0.05, 0) is 31.0 Å². The molecule has 0 unspecified atom stereocenters. The fraction of sp³-hybridized carbons (Fsp3) is 0.467. The Kier molecular flexibility index (Phi) is 5.30. The van der Waals surface area contributed by atoms with E-state index < -0.39 is 0 Å². The lowest BCUT2D eigenvalue weighted by Crippen LogP contribution is -2.43. The van der Waals surface area contributed by atoms with Crippen LogP contribution in [0.4, 0.5) is 11.4 Å². The van der Waals surface area contributed by atoms with Crippen molar-refractivity contribution < 1.29 is 9.59 Å². The van der Waals surface area contributed by atoms with Crippen molar-refractivity contribution in [1.29, 1.82) is 0 Å². The molecule has 2 amide bonds. The molecule has 114 valence electrons. The van der Waals surface area contributed by atoms with Crippen LogP contribution in [0.5, 0.6) is 0 Å². The lowest BCUT2D eigenvalue weighted by Gasteiger charge is -2.29. The van der Waals surface area contributed by atoms with Crippen molar-refractivity contribution in [3.63, 3.8) is 0 Å². The Balaban J connectivity index is 1.86. The number of hydrogen-bond acceptors (Lipinski definition) is 4. The van der Waals surface area contributed by atoms with Crippen LogP contribution in [0, 0.1) is 0 Å². The highest BCUT2D eigenvalue weighted by molar-refractivity contribution is 5.94. The minimum absolute atomic E-state index is 0.0505. The lowest BCUT2D eigenvalue weighted by molar-refractivity contribution is -0.117. The largest absolute Gasteiger partial charge is 0.328 e. The second kappa shape index (κ2) is 7.19. The van der Waals surface area contributed by atoms with Crippen molar-refractivity contribution in [3.05, 3.63) is 24.3 Å². The SMILES string of the molecule is CC(=O)Nc1cccc(NC(=O)CN2CCC(N)CC2)c1. The highest BCUT2D eigenvalue weighted by Gasteiger charge is 2.18. The van der Waals surface area contributed by atoms with E-state index in [9.17, 15) is 9.59 Å². The Labute approximate surface area is 124 Å². The summed E-state index contributed by atoms with van der Waals surface area (Å²) in [7, 11) is 0. The van der Waals surface area contributed by atoms with Crippen LogP contribution in [-0.4, -0.2) is 42.4 Å². The minimum atomic E-state index is -0.136. The third kappa shape index (κ3) is 5.17. The van der Waals surface area contributed by atoms with Gasteiger partial charge in [0.25, 0.3) is 0 Å². The van der Waals surface area contributed by atoms with Gasteiger partial charge in [-0.1, -0.05) is 6.07 Å². The standard InChI is InChI=1S/C15H22N4O2/c1-11(20)17-13-3-2-4-14(9-13)18-15(21)10-19-7-5-12(16)6-8-19/h2-4,9,12H,5-8,10,16H2,1H3,(H,17,20)(H,18,21). The predicted octanol–water partition coefficient (Wildman–Crippen LogP) is 1.01. The summed E-state index contributed by atoms with van der Waals surface area (Å²) in [6.07, 6.45) is 1.87. The van der Waals surface area contributed by atoms with Crippen LogP contribution in [-0.2, 0) is 9.59 Å². The molecular weight excluding hydrogens is 268 g/mol. The molecule has 1 aliphatic heterocycles. The molecule has 1 aliphatic rings. The summed E-state index contributed by atoms with van der Waals surface area (Å²) < 4.78 is 0. The summed E-state index contributed by atoms with van der Waals surface area (Å²) in [4.78, 5) is 25.2. The maximum absolute atomic E-state index is 12.0. The third-order valence-electron chi connectivity index (χ3n) is 3.47. The number of carbonyl (C=O) groups is 2. The molecule has 0 aromatic heterocycles. The number of piperidine rings is 1. The van der Waals surface area contributed by atoms with E-state index >= 15 is 0 Å². The number of rotatable bonds is 4. The molecule has 0 radical (unpaired) electrons. The van der Waals surface area contributed by atoms with E-state index in [1.165, 1.54) is 6.92 Å².